The number of ether oxygens (including phenoxy) is 2. The Balaban J connectivity index is 1.54. The fourth-order valence-electron chi connectivity index (χ4n) is 4.16. The van der Waals surface area contributed by atoms with Crippen LogP contribution in [0, 0.1) is 12.3 Å². The lowest BCUT2D eigenvalue weighted by Crippen LogP contribution is -2.47. The standard InChI is InChI=1S/C23H26Br2N4O4/c1-13-8-9-17(25)27-19(13)28-20(30)14-10-23(12-32-18-7-5-6-16(24)26-18)11-15(23)29(14)21(31)33-22(2,3)4/h5-9,14-15H,10-12H2,1-4H3,(H,27,28,30)/t14-,15+,23-/m0/s1. The number of fused-ring (bicyclic) bond motifs is 1. The number of halogens is 2. The van der Waals surface area contributed by atoms with E-state index in [1.165, 1.54) is 0 Å². The molecule has 1 aliphatic carbocycles. The van der Waals surface area contributed by atoms with Crippen LogP contribution < -0.4 is 10.1 Å². The maximum absolute atomic E-state index is 13.3. The second kappa shape index (κ2) is 8.87. The van der Waals surface area contributed by atoms with E-state index in [1.54, 1.807) is 11.0 Å². The Labute approximate surface area is 209 Å². The minimum atomic E-state index is -0.683. The molecule has 0 radical (unpaired) electrons. The molecule has 2 aromatic rings. The summed E-state index contributed by atoms with van der Waals surface area (Å²) in [6.07, 6.45) is 0.730. The Morgan fingerprint density at radius 1 is 1.15 bits per heavy atom. The SMILES string of the molecule is Cc1ccc(Br)nc1NC(=O)[C@@H]1C[C@@]2(COc3cccc(Br)n3)C[C@H]2N1C(=O)OC(C)(C)C. The molecule has 0 bridgehead atoms. The first-order valence-electron chi connectivity index (χ1n) is 10.7. The van der Waals surface area contributed by atoms with Gasteiger partial charge in [-0.15, -0.1) is 0 Å². The van der Waals surface area contributed by atoms with Crippen molar-refractivity contribution in [3.8, 4) is 5.88 Å². The summed E-state index contributed by atoms with van der Waals surface area (Å²) < 4.78 is 12.9. The number of hydrogen-bond acceptors (Lipinski definition) is 6. The van der Waals surface area contributed by atoms with Gasteiger partial charge in [0.05, 0.1) is 6.61 Å². The predicted octanol–water partition coefficient (Wildman–Crippen LogP) is 5.10. The Morgan fingerprint density at radius 2 is 1.88 bits per heavy atom. The third-order valence-corrected chi connectivity index (χ3v) is 6.71. The van der Waals surface area contributed by atoms with Crippen LogP contribution in [0.25, 0.3) is 0 Å². The molecule has 10 heteroatoms. The van der Waals surface area contributed by atoms with Gasteiger partial charge in [0.1, 0.15) is 26.7 Å². The summed E-state index contributed by atoms with van der Waals surface area (Å²) in [4.78, 5) is 36.6. The molecule has 176 valence electrons. The van der Waals surface area contributed by atoms with Crippen molar-refractivity contribution in [1.82, 2.24) is 14.9 Å². The Hall–Kier alpha value is -2.20. The van der Waals surface area contributed by atoms with Crippen LogP contribution >= 0.6 is 31.9 Å². The molecule has 2 aromatic heterocycles. The quantitative estimate of drug-likeness (QED) is 0.494. The van der Waals surface area contributed by atoms with Crippen LogP contribution in [-0.4, -0.2) is 51.2 Å². The normalized spacial score (nSPS) is 23.6. The number of nitrogens with one attached hydrogen (secondary N) is 1. The van der Waals surface area contributed by atoms with Gasteiger partial charge in [0.15, 0.2) is 0 Å². The van der Waals surface area contributed by atoms with Gasteiger partial charge in [0.25, 0.3) is 0 Å². The third kappa shape index (κ3) is 5.32. The van der Waals surface area contributed by atoms with Crippen molar-refractivity contribution in [2.75, 3.05) is 11.9 Å². The summed E-state index contributed by atoms with van der Waals surface area (Å²) in [6, 6.07) is 8.31. The number of carbonyl (C=O) groups is 2. The molecule has 3 atom stereocenters. The molecule has 2 amide bonds. The molecule has 1 N–H and O–H groups in total. The summed E-state index contributed by atoms with van der Waals surface area (Å²) in [6.45, 7) is 7.67. The Morgan fingerprint density at radius 3 is 2.58 bits per heavy atom. The number of aryl methyl sites for hydroxylation is 1. The van der Waals surface area contributed by atoms with Crippen LogP contribution in [0.1, 0.15) is 39.2 Å². The zero-order valence-electron chi connectivity index (χ0n) is 18.9. The number of likely N-dealkylation sites (tertiary alicyclic amines) is 1. The monoisotopic (exact) mass is 580 g/mol. The summed E-state index contributed by atoms with van der Waals surface area (Å²) in [5.41, 5.74) is -0.155. The number of rotatable bonds is 5. The van der Waals surface area contributed by atoms with E-state index in [-0.39, 0.29) is 17.4 Å². The largest absolute Gasteiger partial charge is 0.477 e. The van der Waals surface area contributed by atoms with Crippen LogP contribution in [0.2, 0.25) is 0 Å². The zero-order chi connectivity index (χ0) is 24.0. The number of nitrogens with zero attached hydrogens (tertiary/aromatic N) is 3. The van der Waals surface area contributed by atoms with E-state index in [2.05, 4.69) is 47.1 Å². The van der Waals surface area contributed by atoms with Crippen molar-refractivity contribution >= 4 is 49.7 Å². The fraction of sp³-hybridized carbons (Fsp3) is 0.478. The van der Waals surface area contributed by atoms with E-state index in [9.17, 15) is 9.59 Å². The number of aromatic nitrogens is 2. The lowest BCUT2D eigenvalue weighted by molar-refractivity contribution is -0.121. The maximum Gasteiger partial charge on any atom is 0.411 e. The topological polar surface area (TPSA) is 93.6 Å². The molecule has 1 saturated heterocycles. The highest BCUT2D eigenvalue weighted by atomic mass is 79.9. The van der Waals surface area contributed by atoms with Gasteiger partial charge >= 0.3 is 6.09 Å². The second-order valence-corrected chi connectivity index (χ2v) is 11.2. The highest BCUT2D eigenvalue weighted by Crippen LogP contribution is 2.60. The lowest BCUT2D eigenvalue weighted by atomic mass is 10.00. The van der Waals surface area contributed by atoms with E-state index in [0.29, 0.717) is 33.9 Å². The smallest absolute Gasteiger partial charge is 0.411 e. The molecule has 3 heterocycles. The molecule has 33 heavy (non-hydrogen) atoms. The molecular weight excluding hydrogens is 556 g/mol. The van der Waals surface area contributed by atoms with Crippen molar-refractivity contribution in [2.24, 2.45) is 5.41 Å². The van der Waals surface area contributed by atoms with Gasteiger partial charge in [-0.05, 0) is 90.1 Å². The maximum atomic E-state index is 13.3. The summed E-state index contributed by atoms with van der Waals surface area (Å²) in [5.74, 6) is 0.666. The second-order valence-electron chi connectivity index (χ2n) is 9.57. The highest BCUT2D eigenvalue weighted by Gasteiger charge is 2.68. The summed E-state index contributed by atoms with van der Waals surface area (Å²) in [5, 5.41) is 2.89. The molecule has 2 aliphatic rings. The van der Waals surface area contributed by atoms with Gasteiger partial charge in [-0.3, -0.25) is 9.69 Å². The lowest BCUT2D eigenvalue weighted by Gasteiger charge is -2.29. The van der Waals surface area contributed by atoms with Crippen LogP contribution in [0.4, 0.5) is 10.6 Å². The number of amides is 2. The first-order chi connectivity index (χ1) is 15.5. The van der Waals surface area contributed by atoms with E-state index in [4.69, 9.17) is 9.47 Å². The zero-order valence-corrected chi connectivity index (χ0v) is 22.1. The van der Waals surface area contributed by atoms with Crippen LogP contribution in [0.5, 0.6) is 5.88 Å². The van der Waals surface area contributed by atoms with Crippen molar-refractivity contribution in [3.63, 3.8) is 0 Å². The van der Waals surface area contributed by atoms with Gasteiger partial charge in [0.2, 0.25) is 11.8 Å². The molecule has 0 unspecified atom stereocenters. The first-order valence-corrected chi connectivity index (χ1v) is 12.3. The Kier molecular flexibility index (Phi) is 6.43. The number of carbonyl (C=O) groups excluding carboxylic acids is 2. The number of pyridine rings is 2. The molecule has 2 fully saturated rings. The van der Waals surface area contributed by atoms with Gasteiger partial charge in [-0.2, -0.15) is 0 Å². The molecule has 8 nitrogen and oxygen atoms in total. The van der Waals surface area contributed by atoms with Crippen molar-refractivity contribution in [3.05, 3.63) is 45.1 Å². The van der Waals surface area contributed by atoms with Crippen molar-refractivity contribution in [1.29, 1.82) is 0 Å². The minimum absolute atomic E-state index is 0.133. The van der Waals surface area contributed by atoms with E-state index >= 15 is 0 Å². The van der Waals surface area contributed by atoms with Gasteiger partial charge < -0.3 is 14.8 Å². The van der Waals surface area contributed by atoms with Crippen molar-refractivity contribution < 1.29 is 19.1 Å². The first kappa shape index (κ1) is 23.9. The molecule has 0 spiro atoms. The van der Waals surface area contributed by atoms with Gasteiger partial charge in [0, 0.05) is 17.5 Å². The summed E-state index contributed by atoms with van der Waals surface area (Å²) >= 11 is 6.68. The summed E-state index contributed by atoms with van der Waals surface area (Å²) in [7, 11) is 0. The fourth-order valence-corrected chi connectivity index (χ4v) is 4.80. The molecule has 1 saturated carbocycles. The van der Waals surface area contributed by atoms with Gasteiger partial charge in [-0.1, -0.05) is 12.1 Å². The average Bonchev–Trinajstić information content (AvgIpc) is 3.31. The molecule has 1 aliphatic heterocycles. The van der Waals surface area contributed by atoms with Crippen LogP contribution in [-0.2, 0) is 9.53 Å². The van der Waals surface area contributed by atoms with Crippen LogP contribution in [0.3, 0.4) is 0 Å². The molecule has 0 aromatic carbocycles. The van der Waals surface area contributed by atoms with E-state index in [0.717, 1.165) is 12.0 Å². The highest BCUT2D eigenvalue weighted by molar-refractivity contribution is 9.10. The van der Waals surface area contributed by atoms with Crippen molar-refractivity contribution in [2.45, 2.75) is 58.2 Å². The van der Waals surface area contributed by atoms with E-state index in [1.807, 2.05) is 52.0 Å². The van der Waals surface area contributed by atoms with E-state index < -0.39 is 17.7 Å². The predicted molar refractivity (Wildman–Crippen MR) is 130 cm³/mol. The minimum Gasteiger partial charge on any atom is -0.477 e. The van der Waals surface area contributed by atoms with Crippen LogP contribution in [0.15, 0.2) is 39.5 Å². The van der Waals surface area contributed by atoms with Gasteiger partial charge in [-0.25, -0.2) is 14.8 Å². The number of piperidine rings is 1. The average molecular weight is 582 g/mol. The molecule has 4 rings (SSSR count). The Bertz CT molecular complexity index is 1090. The number of anilines is 1. The third-order valence-electron chi connectivity index (χ3n) is 5.83. The molecular formula is C23H26Br2N4O4. The number of hydrogen-bond donors (Lipinski definition) is 1.